The first kappa shape index (κ1) is 13.3. The van der Waals surface area contributed by atoms with E-state index >= 15 is 0 Å². The quantitative estimate of drug-likeness (QED) is 0.782. The third kappa shape index (κ3) is 5.19. The SMILES string of the molecule is CC(C)CC(=O)Nc1ccc(C#CCO)cc1. The minimum Gasteiger partial charge on any atom is -0.384 e. The maximum Gasteiger partial charge on any atom is 0.224 e. The average molecular weight is 231 g/mol. The highest BCUT2D eigenvalue weighted by molar-refractivity contribution is 5.90. The predicted octanol–water partition coefficient (Wildman–Crippen LogP) is 2.01. The third-order valence-corrected chi connectivity index (χ3v) is 2.07. The second kappa shape index (κ2) is 6.72. The second-order valence-corrected chi connectivity index (χ2v) is 4.18. The van der Waals surface area contributed by atoms with Gasteiger partial charge in [0, 0.05) is 17.7 Å². The molecule has 0 aromatic heterocycles. The van der Waals surface area contributed by atoms with E-state index in [0.29, 0.717) is 12.3 Å². The van der Waals surface area contributed by atoms with Crippen LogP contribution in [0.5, 0.6) is 0 Å². The van der Waals surface area contributed by atoms with Gasteiger partial charge in [-0.15, -0.1) is 0 Å². The van der Waals surface area contributed by atoms with E-state index in [0.717, 1.165) is 11.3 Å². The van der Waals surface area contributed by atoms with E-state index in [1.807, 2.05) is 26.0 Å². The van der Waals surface area contributed by atoms with E-state index in [-0.39, 0.29) is 12.5 Å². The molecule has 0 aliphatic rings. The van der Waals surface area contributed by atoms with Crippen molar-refractivity contribution in [3.8, 4) is 11.8 Å². The number of rotatable bonds is 3. The van der Waals surface area contributed by atoms with Gasteiger partial charge in [-0.2, -0.15) is 0 Å². The van der Waals surface area contributed by atoms with E-state index in [9.17, 15) is 4.79 Å². The topological polar surface area (TPSA) is 49.3 Å². The molecule has 0 fully saturated rings. The number of benzene rings is 1. The molecule has 3 nitrogen and oxygen atoms in total. The van der Waals surface area contributed by atoms with Crippen molar-refractivity contribution in [2.75, 3.05) is 11.9 Å². The molecule has 2 N–H and O–H groups in total. The number of hydrogen-bond acceptors (Lipinski definition) is 2. The summed E-state index contributed by atoms with van der Waals surface area (Å²) < 4.78 is 0. The summed E-state index contributed by atoms with van der Waals surface area (Å²) >= 11 is 0. The molecular weight excluding hydrogens is 214 g/mol. The van der Waals surface area contributed by atoms with Crippen LogP contribution in [-0.2, 0) is 4.79 Å². The smallest absolute Gasteiger partial charge is 0.224 e. The summed E-state index contributed by atoms with van der Waals surface area (Å²) in [4.78, 5) is 11.5. The second-order valence-electron chi connectivity index (χ2n) is 4.18. The summed E-state index contributed by atoms with van der Waals surface area (Å²) in [7, 11) is 0. The normalized spacial score (nSPS) is 9.65. The molecule has 0 bridgehead atoms. The molecule has 0 saturated carbocycles. The number of carbonyl (C=O) groups excluding carboxylic acids is 1. The Labute approximate surface area is 102 Å². The van der Waals surface area contributed by atoms with Gasteiger partial charge in [0.1, 0.15) is 6.61 Å². The molecule has 1 amide bonds. The fourth-order valence-corrected chi connectivity index (χ4v) is 1.36. The van der Waals surface area contributed by atoms with Crippen LogP contribution in [0.1, 0.15) is 25.8 Å². The number of amides is 1. The average Bonchev–Trinajstić information content (AvgIpc) is 2.27. The van der Waals surface area contributed by atoms with E-state index in [1.54, 1.807) is 12.1 Å². The third-order valence-electron chi connectivity index (χ3n) is 2.07. The zero-order valence-corrected chi connectivity index (χ0v) is 10.2. The van der Waals surface area contributed by atoms with E-state index in [4.69, 9.17) is 5.11 Å². The van der Waals surface area contributed by atoms with Crippen LogP contribution in [0.3, 0.4) is 0 Å². The summed E-state index contributed by atoms with van der Waals surface area (Å²) in [5.41, 5.74) is 1.59. The predicted molar refractivity (Wildman–Crippen MR) is 68.5 cm³/mol. The minimum atomic E-state index is -0.146. The number of hydrogen-bond donors (Lipinski definition) is 2. The number of aliphatic hydroxyl groups excluding tert-OH is 1. The van der Waals surface area contributed by atoms with Crippen molar-refractivity contribution in [2.45, 2.75) is 20.3 Å². The van der Waals surface area contributed by atoms with E-state index in [2.05, 4.69) is 17.2 Å². The summed E-state index contributed by atoms with van der Waals surface area (Å²) in [6.45, 7) is 3.87. The monoisotopic (exact) mass is 231 g/mol. The molecule has 90 valence electrons. The van der Waals surface area contributed by atoms with Gasteiger partial charge in [-0.1, -0.05) is 25.7 Å². The van der Waals surface area contributed by atoms with E-state index < -0.39 is 0 Å². The molecule has 0 aliphatic heterocycles. The highest BCUT2D eigenvalue weighted by atomic mass is 16.2. The lowest BCUT2D eigenvalue weighted by Crippen LogP contribution is -2.13. The molecule has 0 saturated heterocycles. The van der Waals surface area contributed by atoms with Gasteiger partial charge in [0.25, 0.3) is 0 Å². The number of anilines is 1. The zero-order chi connectivity index (χ0) is 12.7. The highest BCUT2D eigenvalue weighted by Crippen LogP contribution is 2.10. The Morgan fingerprint density at radius 2 is 2.00 bits per heavy atom. The van der Waals surface area contributed by atoms with E-state index in [1.165, 1.54) is 0 Å². The highest BCUT2D eigenvalue weighted by Gasteiger charge is 2.04. The molecule has 0 heterocycles. The van der Waals surface area contributed by atoms with Crippen molar-refractivity contribution in [3.63, 3.8) is 0 Å². The van der Waals surface area contributed by atoms with Crippen LogP contribution in [0.25, 0.3) is 0 Å². The van der Waals surface area contributed by atoms with Crippen molar-refractivity contribution in [1.29, 1.82) is 0 Å². The van der Waals surface area contributed by atoms with Gasteiger partial charge in [-0.05, 0) is 30.2 Å². The molecule has 0 atom stereocenters. The molecule has 3 heteroatoms. The van der Waals surface area contributed by atoms with Crippen molar-refractivity contribution >= 4 is 11.6 Å². The Bertz CT molecular complexity index is 424. The fourth-order valence-electron chi connectivity index (χ4n) is 1.36. The van der Waals surface area contributed by atoms with Crippen LogP contribution >= 0.6 is 0 Å². The first-order valence-corrected chi connectivity index (χ1v) is 5.61. The number of aliphatic hydroxyl groups is 1. The van der Waals surface area contributed by atoms with Crippen LogP contribution in [-0.4, -0.2) is 17.6 Å². The van der Waals surface area contributed by atoms with Gasteiger partial charge >= 0.3 is 0 Å². The molecule has 0 radical (unpaired) electrons. The number of nitrogens with one attached hydrogen (secondary N) is 1. The van der Waals surface area contributed by atoms with Crippen molar-refractivity contribution in [3.05, 3.63) is 29.8 Å². The standard InChI is InChI=1S/C14H17NO2/c1-11(2)10-14(17)15-13-7-5-12(6-8-13)4-3-9-16/h5-8,11,16H,9-10H2,1-2H3,(H,15,17). The largest absolute Gasteiger partial charge is 0.384 e. The molecule has 0 spiro atoms. The van der Waals surface area contributed by atoms with Gasteiger partial charge in [0.15, 0.2) is 0 Å². The van der Waals surface area contributed by atoms with Crippen molar-refractivity contribution in [2.24, 2.45) is 5.92 Å². The molecule has 1 aromatic carbocycles. The molecule has 1 rings (SSSR count). The van der Waals surface area contributed by atoms with Crippen LogP contribution < -0.4 is 5.32 Å². The minimum absolute atomic E-state index is 0.0224. The van der Waals surface area contributed by atoms with Gasteiger partial charge in [-0.25, -0.2) is 0 Å². The Hall–Kier alpha value is -1.79. The Morgan fingerprint density at radius 3 is 2.53 bits per heavy atom. The van der Waals surface area contributed by atoms with Gasteiger partial charge in [0.05, 0.1) is 0 Å². The maximum atomic E-state index is 11.5. The molecule has 0 aliphatic carbocycles. The van der Waals surface area contributed by atoms with Crippen LogP contribution in [0.2, 0.25) is 0 Å². The van der Waals surface area contributed by atoms with Crippen LogP contribution in [0.15, 0.2) is 24.3 Å². The summed E-state index contributed by atoms with van der Waals surface area (Å²) in [6, 6.07) is 7.24. The Balaban J connectivity index is 2.59. The summed E-state index contributed by atoms with van der Waals surface area (Å²) in [5, 5.41) is 11.4. The molecule has 1 aromatic rings. The molecule has 17 heavy (non-hydrogen) atoms. The van der Waals surface area contributed by atoms with Crippen molar-refractivity contribution in [1.82, 2.24) is 0 Å². The zero-order valence-electron chi connectivity index (χ0n) is 10.2. The van der Waals surface area contributed by atoms with Gasteiger partial charge in [-0.3, -0.25) is 4.79 Å². The van der Waals surface area contributed by atoms with Crippen molar-refractivity contribution < 1.29 is 9.90 Å². The summed E-state index contributed by atoms with van der Waals surface area (Å²) in [6.07, 6.45) is 0.520. The maximum absolute atomic E-state index is 11.5. The van der Waals surface area contributed by atoms with Crippen LogP contribution in [0.4, 0.5) is 5.69 Å². The first-order chi connectivity index (χ1) is 8.11. The summed E-state index contributed by atoms with van der Waals surface area (Å²) in [5.74, 6) is 5.74. The van der Waals surface area contributed by atoms with Crippen LogP contribution in [0, 0.1) is 17.8 Å². The lowest BCUT2D eigenvalue weighted by atomic mass is 10.1. The van der Waals surface area contributed by atoms with Gasteiger partial charge < -0.3 is 10.4 Å². The Kier molecular flexibility index (Phi) is 5.25. The fraction of sp³-hybridized carbons (Fsp3) is 0.357. The van der Waals surface area contributed by atoms with Gasteiger partial charge in [0.2, 0.25) is 5.91 Å². The lowest BCUT2D eigenvalue weighted by molar-refractivity contribution is -0.116. The lowest BCUT2D eigenvalue weighted by Gasteiger charge is -2.06. The molecular formula is C14H17NO2. The number of carbonyl (C=O) groups is 1. The first-order valence-electron chi connectivity index (χ1n) is 5.61. The Morgan fingerprint density at radius 1 is 1.35 bits per heavy atom. The molecule has 0 unspecified atom stereocenters.